The summed E-state index contributed by atoms with van der Waals surface area (Å²) in [6, 6.07) is 5.99. The van der Waals surface area contributed by atoms with E-state index in [0.29, 0.717) is 0 Å². The smallest absolute Gasteiger partial charge is 0.123 e. The van der Waals surface area contributed by atoms with Gasteiger partial charge in [0.2, 0.25) is 0 Å². The van der Waals surface area contributed by atoms with Gasteiger partial charge in [-0.1, -0.05) is 15.9 Å². The molecule has 0 atom stereocenters. The molecule has 0 aromatic heterocycles. The van der Waals surface area contributed by atoms with Gasteiger partial charge in [0, 0.05) is 23.2 Å². The van der Waals surface area contributed by atoms with Crippen LogP contribution < -0.4 is 15.4 Å². The maximum atomic E-state index is 5.25. The van der Waals surface area contributed by atoms with Gasteiger partial charge in [-0.3, -0.25) is 0 Å². The topological polar surface area (TPSA) is 33.3 Å². The molecule has 0 bridgehead atoms. The molecule has 0 aliphatic heterocycles. The molecule has 1 aromatic rings. The van der Waals surface area contributed by atoms with E-state index in [0.717, 1.165) is 29.0 Å². The summed E-state index contributed by atoms with van der Waals surface area (Å²) in [4.78, 5) is 0. The van der Waals surface area contributed by atoms with Crippen LogP contribution in [-0.4, -0.2) is 20.8 Å². The number of hydrogen-bond acceptors (Lipinski definition) is 3. The van der Waals surface area contributed by atoms with Crippen LogP contribution in [0.15, 0.2) is 22.7 Å². The lowest BCUT2D eigenvalue weighted by atomic mass is 10.2. The Balaban J connectivity index is 2.67. The average molecular weight is 259 g/mol. The minimum absolute atomic E-state index is 0.787. The van der Waals surface area contributed by atoms with E-state index in [9.17, 15) is 0 Å². The lowest BCUT2D eigenvalue weighted by Gasteiger charge is -2.09. The minimum atomic E-state index is 0.787. The summed E-state index contributed by atoms with van der Waals surface area (Å²) in [6.45, 7) is 1.58. The molecule has 0 fully saturated rings. The first-order chi connectivity index (χ1) is 6.77. The van der Waals surface area contributed by atoms with Gasteiger partial charge in [-0.05, 0) is 25.2 Å². The summed E-state index contributed by atoms with van der Waals surface area (Å²) < 4.78 is 6.32. The van der Waals surface area contributed by atoms with E-state index in [1.165, 1.54) is 0 Å². The number of methoxy groups -OCH3 is 1. The second-order valence-electron chi connectivity index (χ2n) is 2.91. The highest BCUT2D eigenvalue weighted by Gasteiger charge is 2.02. The van der Waals surface area contributed by atoms with E-state index in [1.807, 2.05) is 19.2 Å². The van der Waals surface area contributed by atoms with E-state index in [4.69, 9.17) is 4.74 Å². The zero-order valence-corrected chi connectivity index (χ0v) is 10.0. The van der Waals surface area contributed by atoms with Crippen molar-refractivity contribution >= 4 is 15.9 Å². The van der Waals surface area contributed by atoms with E-state index in [-0.39, 0.29) is 0 Å². The molecule has 0 aliphatic rings. The zero-order chi connectivity index (χ0) is 10.4. The Kier molecular flexibility index (Phi) is 4.93. The summed E-state index contributed by atoms with van der Waals surface area (Å²) in [6.07, 6.45) is 0. The summed E-state index contributed by atoms with van der Waals surface area (Å²) in [5.74, 6) is 0.914. The summed E-state index contributed by atoms with van der Waals surface area (Å²) >= 11 is 3.44. The molecule has 0 saturated carbocycles. The zero-order valence-electron chi connectivity index (χ0n) is 8.43. The first kappa shape index (κ1) is 11.5. The van der Waals surface area contributed by atoms with Crippen molar-refractivity contribution in [1.82, 2.24) is 10.6 Å². The molecule has 0 amide bonds. The monoisotopic (exact) mass is 258 g/mol. The van der Waals surface area contributed by atoms with Crippen LogP contribution in [-0.2, 0) is 6.54 Å². The molecular weight excluding hydrogens is 244 g/mol. The molecule has 0 saturated heterocycles. The molecule has 14 heavy (non-hydrogen) atoms. The Hall–Kier alpha value is -0.580. The van der Waals surface area contributed by atoms with Crippen LogP contribution in [0.2, 0.25) is 0 Å². The van der Waals surface area contributed by atoms with Crippen molar-refractivity contribution in [1.29, 1.82) is 0 Å². The molecule has 78 valence electrons. The van der Waals surface area contributed by atoms with Crippen molar-refractivity contribution in [3.05, 3.63) is 28.2 Å². The Labute approximate surface area is 93.0 Å². The molecule has 0 heterocycles. The van der Waals surface area contributed by atoms with Crippen LogP contribution in [0, 0.1) is 0 Å². The van der Waals surface area contributed by atoms with Gasteiger partial charge in [0.15, 0.2) is 0 Å². The number of nitrogens with one attached hydrogen (secondary N) is 2. The van der Waals surface area contributed by atoms with Crippen LogP contribution in [0.4, 0.5) is 0 Å². The fraction of sp³-hybridized carbons (Fsp3) is 0.400. The number of ether oxygens (including phenoxy) is 1. The molecule has 1 rings (SSSR count). The van der Waals surface area contributed by atoms with E-state index >= 15 is 0 Å². The quantitative estimate of drug-likeness (QED) is 0.624. The first-order valence-electron chi connectivity index (χ1n) is 4.45. The molecule has 0 radical (unpaired) electrons. The highest BCUT2D eigenvalue weighted by Crippen LogP contribution is 2.22. The molecule has 0 unspecified atom stereocenters. The molecular formula is C10H15BrN2O. The SMILES string of the molecule is CNCNCc1cc(Br)ccc1OC. The Morgan fingerprint density at radius 2 is 2.21 bits per heavy atom. The molecule has 4 heteroatoms. The van der Waals surface area contributed by atoms with Gasteiger partial charge in [0.1, 0.15) is 5.75 Å². The maximum absolute atomic E-state index is 5.25. The van der Waals surface area contributed by atoms with Crippen LogP contribution in [0.1, 0.15) is 5.56 Å². The Bertz CT molecular complexity index is 291. The highest BCUT2D eigenvalue weighted by atomic mass is 79.9. The van der Waals surface area contributed by atoms with Crippen LogP contribution >= 0.6 is 15.9 Å². The predicted molar refractivity (Wildman–Crippen MR) is 61.5 cm³/mol. The van der Waals surface area contributed by atoms with Gasteiger partial charge in [-0.2, -0.15) is 0 Å². The fourth-order valence-corrected chi connectivity index (χ4v) is 1.62. The van der Waals surface area contributed by atoms with Crippen LogP contribution in [0.3, 0.4) is 0 Å². The predicted octanol–water partition coefficient (Wildman–Crippen LogP) is 1.72. The second-order valence-corrected chi connectivity index (χ2v) is 3.83. The molecule has 0 spiro atoms. The number of benzene rings is 1. The van der Waals surface area contributed by atoms with Gasteiger partial charge in [-0.15, -0.1) is 0 Å². The Morgan fingerprint density at radius 3 is 2.86 bits per heavy atom. The van der Waals surface area contributed by atoms with Crippen molar-refractivity contribution in [2.24, 2.45) is 0 Å². The van der Waals surface area contributed by atoms with Crippen LogP contribution in [0.5, 0.6) is 5.75 Å². The third-order valence-electron chi connectivity index (χ3n) is 1.86. The van der Waals surface area contributed by atoms with Crippen molar-refractivity contribution < 1.29 is 4.74 Å². The molecule has 1 aromatic carbocycles. The number of rotatable bonds is 5. The Morgan fingerprint density at radius 1 is 1.43 bits per heavy atom. The summed E-state index contributed by atoms with van der Waals surface area (Å²) in [5.41, 5.74) is 1.15. The fourth-order valence-electron chi connectivity index (χ4n) is 1.21. The highest BCUT2D eigenvalue weighted by molar-refractivity contribution is 9.10. The van der Waals surface area contributed by atoms with Gasteiger partial charge >= 0.3 is 0 Å². The lowest BCUT2D eigenvalue weighted by molar-refractivity contribution is 0.407. The molecule has 2 N–H and O–H groups in total. The van der Waals surface area contributed by atoms with E-state index in [2.05, 4.69) is 32.6 Å². The van der Waals surface area contributed by atoms with Crippen molar-refractivity contribution in [3.8, 4) is 5.75 Å². The third kappa shape index (κ3) is 3.29. The molecule has 3 nitrogen and oxygen atoms in total. The first-order valence-corrected chi connectivity index (χ1v) is 5.25. The second kappa shape index (κ2) is 6.01. The number of halogens is 1. The summed E-state index contributed by atoms with van der Waals surface area (Å²) in [7, 11) is 3.59. The number of hydrogen-bond donors (Lipinski definition) is 2. The average Bonchev–Trinajstić information content (AvgIpc) is 2.19. The van der Waals surface area contributed by atoms with Crippen molar-refractivity contribution in [2.45, 2.75) is 6.54 Å². The van der Waals surface area contributed by atoms with Gasteiger partial charge in [0.25, 0.3) is 0 Å². The summed E-state index contributed by atoms with van der Waals surface area (Å²) in [5, 5.41) is 6.27. The van der Waals surface area contributed by atoms with E-state index in [1.54, 1.807) is 7.11 Å². The van der Waals surface area contributed by atoms with Crippen LogP contribution in [0.25, 0.3) is 0 Å². The van der Waals surface area contributed by atoms with Crippen molar-refractivity contribution in [3.63, 3.8) is 0 Å². The maximum Gasteiger partial charge on any atom is 0.123 e. The van der Waals surface area contributed by atoms with Gasteiger partial charge in [-0.25, -0.2) is 0 Å². The van der Waals surface area contributed by atoms with E-state index < -0.39 is 0 Å². The van der Waals surface area contributed by atoms with Gasteiger partial charge < -0.3 is 15.4 Å². The lowest BCUT2D eigenvalue weighted by Crippen LogP contribution is -2.25. The third-order valence-corrected chi connectivity index (χ3v) is 2.35. The van der Waals surface area contributed by atoms with Gasteiger partial charge in [0.05, 0.1) is 7.11 Å². The van der Waals surface area contributed by atoms with Crippen molar-refractivity contribution in [2.75, 3.05) is 20.8 Å². The molecule has 0 aliphatic carbocycles. The standard InChI is InChI=1S/C10H15BrN2O/c1-12-7-13-6-8-5-9(11)3-4-10(8)14-2/h3-5,12-13H,6-7H2,1-2H3. The normalized spacial score (nSPS) is 10.2. The largest absolute Gasteiger partial charge is 0.496 e. The minimum Gasteiger partial charge on any atom is -0.496 e.